The number of hydrogen-bond acceptors (Lipinski definition) is 5. The number of hydrogen-bond donors (Lipinski definition) is 1. The predicted octanol–water partition coefficient (Wildman–Crippen LogP) is 2.51. The Balaban J connectivity index is 1.49. The highest BCUT2D eigenvalue weighted by atomic mass is 16.5. The van der Waals surface area contributed by atoms with E-state index in [1.807, 2.05) is 19.2 Å². The van der Waals surface area contributed by atoms with E-state index in [2.05, 4.69) is 20.4 Å². The highest BCUT2D eigenvalue weighted by molar-refractivity contribution is 5.57. The highest BCUT2D eigenvalue weighted by Crippen LogP contribution is 2.32. The molecule has 2 atom stereocenters. The Morgan fingerprint density at radius 2 is 2.10 bits per heavy atom. The molecule has 0 radical (unpaired) electrons. The number of aromatic nitrogens is 3. The summed E-state index contributed by atoms with van der Waals surface area (Å²) in [6, 6.07) is 3.35. The summed E-state index contributed by atoms with van der Waals surface area (Å²) >= 11 is 0. The molecule has 1 N–H and O–H groups in total. The van der Waals surface area contributed by atoms with Crippen molar-refractivity contribution in [2.45, 2.75) is 51.1 Å². The van der Waals surface area contributed by atoms with Gasteiger partial charge in [-0.05, 0) is 50.2 Å². The molecule has 2 saturated heterocycles. The highest BCUT2D eigenvalue weighted by Gasteiger charge is 2.34. The molecular formula is C16H20N4O. The number of pyridine rings is 1. The number of aryl methyl sites for hydroxylation is 1. The lowest BCUT2D eigenvalue weighted by molar-refractivity contribution is 0.270. The lowest BCUT2D eigenvalue weighted by Gasteiger charge is -2.27. The van der Waals surface area contributed by atoms with Gasteiger partial charge in [0.15, 0.2) is 0 Å². The van der Waals surface area contributed by atoms with E-state index in [1.54, 1.807) is 6.20 Å². The molecule has 0 aliphatic carbocycles. The van der Waals surface area contributed by atoms with E-state index in [0.29, 0.717) is 23.8 Å². The van der Waals surface area contributed by atoms with Crippen molar-refractivity contribution >= 4 is 0 Å². The number of piperidine rings is 1. The zero-order chi connectivity index (χ0) is 14.2. The Bertz CT molecular complexity index is 627. The maximum atomic E-state index is 5.47. The molecule has 4 rings (SSSR count). The molecule has 2 bridgehead atoms. The van der Waals surface area contributed by atoms with Crippen LogP contribution >= 0.6 is 0 Å². The average molecular weight is 284 g/mol. The van der Waals surface area contributed by atoms with Crippen molar-refractivity contribution in [1.82, 2.24) is 20.4 Å². The van der Waals surface area contributed by atoms with Gasteiger partial charge in [0.25, 0.3) is 0 Å². The molecular weight excluding hydrogens is 264 g/mol. The predicted molar refractivity (Wildman–Crippen MR) is 78.6 cm³/mol. The van der Waals surface area contributed by atoms with Gasteiger partial charge in [0, 0.05) is 36.5 Å². The third-order valence-electron chi connectivity index (χ3n) is 4.76. The molecule has 0 saturated carbocycles. The van der Waals surface area contributed by atoms with Crippen molar-refractivity contribution in [3.05, 3.63) is 29.9 Å². The molecule has 0 aromatic carbocycles. The largest absolute Gasteiger partial charge is 0.339 e. The molecule has 2 aliphatic rings. The summed E-state index contributed by atoms with van der Waals surface area (Å²) in [4.78, 5) is 8.68. The fourth-order valence-corrected chi connectivity index (χ4v) is 3.76. The van der Waals surface area contributed by atoms with Crippen molar-refractivity contribution in [1.29, 1.82) is 0 Å². The van der Waals surface area contributed by atoms with E-state index in [1.165, 1.54) is 25.7 Å². The van der Waals surface area contributed by atoms with Gasteiger partial charge >= 0.3 is 0 Å². The summed E-state index contributed by atoms with van der Waals surface area (Å²) in [5.74, 6) is 2.13. The Morgan fingerprint density at radius 3 is 2.86 bits per heavy atom. The van der Waals surface area contributed by atoms with Crippen molar-refractivity contribution in [2.75, 3.05) is 0 Å². The van der Waals surface area contributed by atoms with E-state index in [-0.39, 0.29) is 0 Å². The van der Waals surface area contributed by atoms with E-state index in [9.17, 15) is 0 Å². The molecule has 0 amide bonds. The Labute approximate surface area is 124 Å². The number of fused-ring (bicyclic) bond motifs is 2. The Morgan fingerprint density at radius 1 is 1.29 bits per heavy atom. The minimum Gasteiger partial charge on any atom is -0.339 e. The van der Waals surface area contributed by atoms with Gasteiger partial charge in [-0.2, -0.15) is 4.98 Å². The van der Waals surface area contributed by atoms with Gasteiger partial charge in [0.05, 0.1) is 0 Å². The van der Waals surface area contributed by atoms with Gasteiger partial charge in [0.2, 0.25) is 11.7 Å². The summed E-state index contributed by atoms with van der Waals surface area (Å²) < 4.78 is 5.47. The fraction of sp³-hybridized carbons (Fsp3) is 0.562. The van der Waals surface area contributed by atoms with Crippen LogP contribution < -0.4 is 5.32 Å². The van der Waals surface area contributed by atoms with Crippen LogP contribution in [0.2, 0.25) is 0 Å². The first-order valence-electron chi connectivity index (χ1n) is 7.77. The molecule has 2 aromatic heterocycles. The molecule has 110 valence electrons. The van der Waals surface area contributed by atoms with Gasteiger partial charge in [-0.3, -0.25) is 4.98 Å². The van der Waals surface area contributed by atoms with Crippen LogP contribution in [-0.4, -0.2) is 27.2 Å². The summed E-state index contributed by atoms with van der Waals surface area (Å²) in [5, 5.41) is 7.81. The standard InChI is InChI=1S/C16H20N4O/c1-10-9-17-5-4-14(10)16-19-15(21-20-16)8-11-6-12-2-3-13(7-11)18-12/h4-5,9,11-13,18H,2-3,6-8H2,1H3. The van der Waals surface area contributed by atoms with Crippen LogP contribution in [-0.2, 0) is 6.42 Å². The summed E-state index contributed by atoms with van der Waals surface area (Å²) in [5.41, 5.74) is 2.08. The molecule has 2 fully saturated rings. The topological polar surface area (TPSA) is 63.8 Å². The van der Waals surface area contributed by atoms with E-state index in [4.69, 9.17) is 4.52 Å². The number of rotatable bonds is 3. The molecule has 21 heavy (non-hydrogen) atoms. The maximum Gasteiger partial charge on any atom is 0.227 e. The van der Waals surface area contributed by atoms with Crippen LogP contribution in [0.25, 0.3) is 11.4 Å². The lowest BCUT2D eigenvalue weighted by atomic mass is 9.90. The first-order chi connectivity index (χ1) is 10.3. The summed E-state index contributed by atoms with van der Waals surface area (Å²) in [6.45, 7) is 2.02. The van der Waals surface area contributed by atoms with Crippen LogP contribution in [0.4, 0.5) is 0 Å². The second-order valence-corrected chi connectivity index (χ2v) is 6.38. The summed E-state index contributed by atoms with van der Waals surface area (Å²) in [6.07, 6.45) is 9.63. The second kappa shape index (κ2) is 5.22. The van der Waals surface area contributed by atoms with E-state index >= 15 is 0 Å². The molecule has 4 heterocycles. The monoisotopic (exact) mass is 284 g/mol. The van der Waals surface area contributed by atoms with Crippen LogP contribution in [0.15, 0.2) is 23.0 Å². The second-order valence-electron chi connectivity index (χ2n) is 6.38. The molecule has 0 spiro atoms. The molecule has 5 nitrogen and oxygen atoms in total. The first-order valence-corrected chi connectivity index (χ1v) is 7.77. The van der Waals surface area contributed by atoms with Crippen LogP contribution in [0, 0.1) is 12.8 Å². The Hall–Kier alpha value is -1.75. The van der Waals surface area contributed by atoms with Gasteiger partial charge in [-0.1, -0.05) is 5.16 Å². The molecule has 2 aliphatic heterocycles. The van der Waals surface area contributed by atoms with Crippen LogP contribution in [0.3, 0.4) is 0 Å². The van der Waals surface area contributed by atoms with Crippen molar-refractivity contribution < 1.29 is 4.52 Å². The minimum atomic E-state index is 0.676. The Kier molecular flexibility index (Phi) is 3.22. The molecule has 5 heteroatoms. The van der Waals surface area contributed by atoms with Gasteiger partial charge in [-0.15, -0.1) is 0 Å². The zero-order valence-corrected chi connectivity index (χ0v) is 12.2. The summed E-state index contributed by atoms with van der Waals surface area (Å²) in [7, 11) is 0. The normalized spacial score (nSPS) is 28.0. The van der Waals surface area contributed by atoms with Crippen molar-refractivity contribution in [3.63, 3.8) is 0 Å². The fourth-order valence-electron chi connectivity index (χ4n) is 3.76. The van der Waals surface area contributed by atoms with Crippen molar-refractivity contribution in [2.24, 2.45) is 5.92 Å². The number of nitrogens with zero attached hydrogens (tertiary/aromatic N) is 3. The number of nitrogens with one attached hydrogen (secondary N) is 1. The van der Waals surface area contributed by atoms with E-state index < -0.39 is 0 Å². The maximum absolute atomic E-state index is 5.47. The zero-order valence-electron chi connectivity index (χ0n) is 12.2. The van der Waals surface area contributed by atoms with Gasteiger partial charge in [0.1, 0.15) is 0 Å². The smallest absolute Gasteiger partial charge is 0.227 e. The molecule has 2 aromatic rings. The third-order valence-corrected chi connectivity index (χ3v) is 4.76. The molecule has 2 unspecified atom stereocenters. The first kappa shape index (κ1) is 13.0. The van der Waals surface area contributed by atoms with Crippen molar-refractivity contribution in [3.8, 4) is 11.4 Å². The van der Waals surface area contributed by atoms with E-state index in [0.717, 1.165) is 23.4 Å². The average Bonchev–Trinajstić information content (AvgIpc) is 3.06. The quantitative estimate of drug-likeness (QED) is 0.938. The van der Waals surface area contributed by atoms with Crippen LogP contribution in [0.5, 0.6) is 0 Å². The SMILES string of the molecule is Cc1cnccc1-c1noc(CC2CC3CCC(C2)N3)n1. The van der Waals surface area contributed by atoms with Crippen LogP contribution in [0.1, 0.15) is 37.1 Å². The third kappa shape index (κ3) is 2.58. The minimum absolute atomic E-state index is 0.676. The van der Waals surface area contributed by atoms with Gasteiger partial charge in [-0.25, -0.2) is 0 Å². The van der Waals surface area contributed by atoms with Gasteiger partial charge < -0.3 is 9.84 Å². The lowest BCUT2D eigenvalue weighted by Crippen LogP contribution is -2.38.